The highest BCUT2D eigenvalue weighted by atomic mass is 16.2. The number of carbonyl (C=O) groups excluding carboxylic acids is 2. The predicted octanol–water partition coefficient (Wildman–Crippen LogP) is 1.21. The van der Waals surface area contributed by atoms with Crippen molar-refractivity contribution in [2.75, 3.05) is 31.5 Å². The highest BCUT2D eigenvalue weighted by Gasteiger charge is 2.28. The summed E-state index contributed by atoms with van der Waals surface area (Å²) in [5.41, 5.74) is 1.23. The van der Waals surface area contributed by atoms with Crippen molar-refractivity contribution in [2.45, 2.75) is 13.0 Å². The van der Waals surface area contributed by atoms with E-state index in [1.54, 1.807) is 30.5 Å². The summed E-state index contributed by atoms with van der Waals surface area (Å²) in [5.74, 6) is 0.827. The van der Waals surface area contributed by atoms with Gasteiger partial charge in [-0.1, -0.05) is 12.1 Å². The molecule has 1 unspecified atom stereocenters. The summed E-state index contributed by atoms with van der Waals surface area (Å²) in [6, 6.07) is 7.06. The van der Waals surface area contributed by atoms with Crippen LogP contribution in [0.5, 0.6) is 0 Å². The minimum atomic E-state index is -0.0955. The third-order valence-corrected chi connectivity index (χ3v) is 4.41. The van der Waals surface area contributed by atoms with Gasteiger partial charge in [0.2, 0.25) is 5.91 Å². The first-order valence-electron chi connectivity index (χ1n) is 8.37. The topological polar surface area (TPSA) is 79.3 Å². The third-order valence-electron chi connectivity index (χ3n) is 4.41. The minimum Gasteiger partial charge on any atom is -0.337 e. The maximum atomic E-state index is 12.5. The lowest BCUT2D eigenvalue weighted by Gasteiger charge is -2.35. The van der Waals surface area contributed by atoms with Crippen molar-refractivity contribution in [1.29, 1.82) is 0 Å². The predicted molar refractivity (Wildman–Crippen MR) is 95.5 cm³/mol. The number of nitrogens with zero attached hydrogens (tertiary/aromatic N) is 3. The van der Waals surface area contributed by atoms with E-state index in [4.69, 9.17) is 0 Å². The van der Waals surface area contributed by atoms with Crippen molar-refractivity contribution >= 4 is 17.4 Å². The number of hydrogen-bond donors (Lipinski definition) is 2. The molecule has 1 saturated heterocycles. The largest absolute Gasteiger partial charge is 0.337 e. The van der Waals surface area contributed by atoms with Crippen LogP contribution < -0.4 is 10.6 Å². The van der Waals surface area contributed by atoms with E-state index >= 15 is 0 Å². The molecule has 0 bridgehead atoms. The molecule has 2 aromatic rings. The molecule has 7 nitrogen and oxygen atoms in total. The first-order valence-corrected chi connectivity index (χ1v) is 8.37. The molecule has 0 aliphatic carbocycles. The van der Waals surface area contributed by atoms with Gasteiger partial charge in [-0.3, -0.25) is 14.5 Å². The third kappa shape index (κ3) is 4.12. The van der Waals surface area contributed by atoms with E-state index in [0.717, 1.165) is 25.5 Å². The second-order valence-electron chi connectivity index (χ2n) is 6.27. The SMILES string of the molecule is CC(=O)c1cccc(NC(=O)CN2CCNCC2c2nccn2C)c1. The zero-order valence-electron chi connectivity index (χ0n) is 14.5. The number of ketones is 1. The number of imidazole rings is 1. The van der Waals surface area contributed by atoms with Gasteiger partial charge < -0.3 is 15.2 Å². The first-order chi connectivity index (χ1) is 12.0. The van der Waals surface area contributed by atoms with Gasteiger partial charge in [0.1, 0.15) is 5.82 Å². The molecule has 1 aliphatic heterocycles. The number of piperazine rings is 1. The number of amides is 1. The van der Waals surface area contributed by atoms with Crippen molar-refractivity contribution in [3.8, 4) is 0 Å². The molecular formula is C18H23N5O2. The van der Waals surface area contributed by atoms with Crippen molar-refractivity contribution < 1.29 is 9.59 Å². The fourth-order valence-corrected chi connectivity index (χ4v) is 3.09. The average Bonchev–Trinajstić information content (AvgIpc) is 3.01. The Labute approximate surface area is 147 Å². The van der Waals surface area contributed by atoms with E-state index < -0.39 is 0 Å². The fourth-order valence-electron chi connectivity index (χ4n) is 3.09. The lowest BCUT2D eigenvalue weighted by molar-refractivity contribution is -0.118. The molecule has 1 atom stereocenters. The maximum absolute atomic E-state index is 12.5. The molecule has 1 aliphatic rings. The number of benzene rings is 1. The van der Waals surface area contributed by atoms with Gasteiger partial charge >= 0.3 is 0 Å². The molecule has 1 aromatic heterocycles. The highest BCUT2D eigenvalue weighted by molar-refractivity contribution is 5.97. The fraction of sp³-hybridized carbons (Fsp3) is 0.389. The van der Waals surface area contributed by atoms with E-state index in [2.05, 4.69) is 20.5 Å². The summed E-state index contributed by atoms with van der Waals surface area (Å²) in [6.07, 6.45) is 3.69. The van der Waals surface area contributed by atoms with Crippen molar-refractivity contribution in [2.24, 2.45) is 7.05 Å². The van der Waals surface area contributed by atoms with Crippen LogP contribution in [0.3, 0.4) is 0 Å². The lowest BCUT2D eigenvalue weighted by Crippen LogP contribution is -2.49. The van der Waals surface area contributed by atoms with Crippen LogP contribution in [0.1, 0.15) is 29.1 Å². The Kier molecular flexibility index (Phi) is 5.25. The Morgan fingerprint density at radius 3 is 2.96 bits per heavy atom. The number of nitrogens with one attached hydrogen (secondary N) is 2. The molecule has 0 radical (unpaired) electrons. The standard InChI is InChI=1S/C18H23N5O2/c1-13(24)14-4-3-5-15(10-14)21-17(25)12-23-9-6-19-11-16(23)18-20-7-8-22(18)2/h3-5,7-8,10,16,19H,6,9,11-12H2,1-2H3,(H,21,25). The van der Waals surface area contributed by atoms with Crippen molar-refractivity contribution in [3.63, 3.8) is 0 Å². The summed E-state index contributed by atoms with van der Waals surface area (Å²) in [4.78, 5) is 30.5. The van der Waals surface area contributed by atoms with Crippen LogP contribution in [0, 0.1) is 0 Å². The summed E-state index contributed by atoms with van der Waals surface area (Å²) in [6.45, 7) is 4.17. The van der Waals surface area contributed by atoms with Gasteiger partial charge in [0, 0.05) is 50.3 Å². The molecule has 1 aromatic carbocycles. The van der Waals surface area contributed by atoms with E-state index in [9.17, 15) is 9.59 Å². The number of carbonyl (C=O) groups is 2. The number of aromatic nitrogens is 2. The van der Waals surface area contributed by atoms with Crippen LogP contribution in [0.2, 0.25) is 0 Å². The molecule has 2 heterocycles. The zero-order valence-corrected chi connectivity index (χ0v) is 14.5. The number of aryl methyl sites for hydroxylation is 1. The number of rotatable bonds is 5. The van der Waals surface area contributed by atoms with Crippen molar-refractivity contribution in [1.82, 2.24) is 19.8 Å². The van der Waals surface area contributed by atoms with E-state index in [0.29, 0.717) is 11.3 Å². The number of anilines is 1. The molecule has 7 heteroatoms. The normalized spacial score (nSPS) is 18.1. The second kappa shape index (κ2) is 7.58. The Morgan fingerprint density at radius 1 is 1.40 bits per heavy atom. The Balaban J connectivity index is 1.67. The van der Waals surface area contributed by atoms with E-state index in [-0.39, 0.29) is 24.3 Å². The maximum Gasteiger partial charge on any atom is 0.238 e. The van der Waals surface area contributed by atoms with Crippen LogP contribution in [0.25, 0.3) is 0 Å². The van der Waals surface area contributed by atoms with Gasteiger partial charge in [0.25, 0.3) is 0 Å². The average molecular weight is 341 g/mol. The minimum absolute atomic E-state index is 0.0203. The summed E-state index contributed by atoms with van der Waals surface area (Å²) < 4.78 is 1.99. The Hall–Kier alpha value is -2.51. The number of Topliss-reactive ketones (excluding diaryl/α,β-unsaturated/α-hetero) is 1. The zero-order chi connectivity index (χ0) is 17.8. The van der Waals surface area contributed by atoms with Gasteiger partial charge in [-0.2, -0.15) is 0 Å². The van der Waals surface area contributed by atoms with Gasteiger partial charge in [0.15, 0.2) is 5.78 Å². The molecule has 1 fully saturated rings. The first kappa shape index (κ1) is 17.3. The van der Waals surface area contributed by atoms with Crippen LogP contribution in [0.4, 0.5) is 5.69 Å². The number of hydrogen-bond acceptors (Lipinski definition) is 5. The van der Waals surface area contributed by atoms with Gasteiger partial charge in [0.05, 0.1) is 12.6 Å². The molecule has 2 N–H and O–H groups in total. The molecule has 25 heavy (non-hydrogen) atoms. The molecule has 0 saturated carbocycles. The molecular weight excluding hydrogens is 318 g/mol. The Bertz CT molecular complexity index is 770. The van der Waals surface area contributed by atoms with Crippen LogP contribution in [0.15, 0.2) is 36.7 Å². The molecule has 3 rings (SSSR count). The molecule has 132 valence electrons. The van der Waals surface area contributed by atoms with Crippen molar-refractivity contribution in [3.05, 3.63) is 48.0 Å². The monoisotopic (exact) mass is 341 g/mol. The van der Waals surface area contributed by atoms with Crippen LogP contribution in [-0.4, -0.2) is 52.3 Å². The smallest absolute Gasteiger partial charge is 0.238 e. The van der Waals surface area contributed by atoms with Gasteiger partial charge in [-0.15, -0.1) is 0 Å². The quantitative estimate of drug-likeness (QED) is 0.799. The van der Waals surface area contributed by atoms with Crippen LogP contribution in [-0.2, 0) is 11.8 Å². The summed E-state index contributed by atoms with van der Waals surface area (Å²) in [7, 11) is 1.96. The molecule has 0 spiro atoms. The lowest BCUT2D eigenvalue weighted by atomic mass is 10.1. The van der Waals surface area contributed by atoms with Gasteiger partial charge in [-0.25, -0.2) is 4.98 Å². The van der Waals surface area contributed by atoms with Gasteiger partial charge in [-0.05, 0) is 19.1 Å². The van der Waals surface area contributed by atoms with E-state index in [1.807, 2.05) is 17.8 Å². The Morgan fingerprint density at radius 2 is 2.24 bits per heavy atom. The van der Waals surface area contributed by atoms with E-state index in [1.165, 1.54) is 6.92 Å². The summed E-state index contributed by atoms with van der Waals surface area (Å²) >= 11 is 0. The molecule has 1 amide bonds. The second-order valence-corrected chi connectivity index (χ2v) is 6.27. The van der Waals surface area contributed by atoms with Crippen LogP contribution >= 0.6 is 0 Å². The summed E-state index contributed by atoms with van der Waals surface area (Å²) in [5, 5.41) is 6.24. The highest BCUT2D eigenvalue weighted by Crippen LogP contribution is 2.20.